The zero-order chi connectivity index (χ0) is 25.9. The zero-order valence-electron chi connectivity index (χ0n) is 21.6. The summed E-state index contributed by atoms with van der Waals surface area (Å²) >= 11 is 0. The first-order chi connectivity index (χ1) is 17.9. The van der Waals surface area contributed by atoms with Gasteiger partial charge in [-0.3, -0.25) is 4.79 Å². The molecule has 7 nitrogen and oxygen atoms in total. The summed E-state index contributed by atoms with van der Waals surface area (Å²) in [6.07, 6.45) is 1.85. The monoisotopic (exact) mass is 493 g/mol. The number of hydrogen-bond donors (Lipinski definition) is 1. The van der Waals surface area contributed by atoms with Crippen LogP contribution in [-0.4, -0.2) is 25.9 Å². The van der Waals surface area contributed by atoms with Crippen LogP contribution < -0.4 is 5.32 Å². The van der Waals surface area contributed by atoms with Crippen LogP contribution in [0.3, 0.4) is 0 Å². The van der Waals surface area contributed by atoms with Gasteiger partial charge in [0, 0.05) is 18.2 Å². The van der Waals surface area contributed by atoms with Crippen LogP contribution in [0.4, 0.5) is 0 Å². The van der Waals surface area contributed by atoms with Gasteiger partial charge in [-0.15, -0.1) is 10.2 Å². The largest absolute Gasteiger partial charge is 0.420 e. The molecular weight excluding hydrogens is 462 g/mol. The lowest BCUT2D eigenvalue weighted by molar-refractivity contribution is 0.0940. The molecule has 188 valence electrons. The zero-order valence-corrected chi connectivity index (χ0v) is 21.6. The molecule has 5 aromatic rings. The van der Waals surface area contributed by atoms with Crippen LogP contribution >= 0.6 is 0 Å². The Morgan fingerprint density at radius 3 is 2.54 bits per heavy atom. The second kappa shape index (κ2) is 10.4. The number of hydrogen-bond acceptors (Lipinski definition) is 5. The van der Waals surface area contributed by atoms with Gasteiger partial charge in [0.1, 0.15) is 5.69 Å². The summed E-state index contributed by atoms with van der Waals surface area (Å²) in [5, 5.41) is 18.3. The fourth-order valence-electron chi connectivity index (χ4n) is 4.53. The van der Waals surface area contributed by atoms with Crippen molar-refractivity contribution in [3.8, 4) is 17.3 Å². The highest BCUT2D eigenvalue weighted by atomic mass is 16.4. The molecule has 0 aliphatic carbocycles. The summed E-state index contributed by atoms with van der Waals surface area (Å²) in [5.74, 6) is 1.29. The van der Waals surface area contributed by atoms with Crippen molar-refractivity contribution < 1.29 is 9.21 Å². The van der Waals surface area contributed by atoms with Crippen molar-refractivity contribution in [3.63, 3.8) is 0 Å². The first-order valence-electron chi connectivity index (χ1n) is 12.7. The average molecular weight is 494 g/mol. The molecule has 37 heavy (non-hydrogen) atoms. The number of rotatable bonds is 8. The highest BCUT2D eigenvalue weighted by Crippen LogP contribution is 2.26. The molecule has 5 rings (SSSR count). The van der Waals surface area contributed by atoms with Crippen LogP contribution in [0, 0.1) is 12.8 Å². The standard InChI is InChI=1S/C30H31N5O2/c1-19(2)15-16-25-18-28(30-33-32-21(4)37-30)34-35(25)24-12-7-11-23(17-24)29(36)31-20(3)26-14-8-10-22-9-5-6-13-27(22)26/h5-14,17-20H,15-16H2,1-4H3,(H,31,36)/t20-/m0/s1. The van der Waals surface area contributed by atoms with E-state index < -0.39 is 0 Å². The molecule has 0 bridgehead atoms. The normalized spacial score (nSPS) is 12.2. The van der Waals surface area contributed by atoms with Gasteiger partial charge in [0.25, 0.3) is 11.8 Å². The Morgan fingerprint density at radius 1 is 0.973 bits per heavy atom. The second-order valence-corrected chi connectivity index (χ2v) is 9.81. The Bertz CT molecular complexity index is 1540. The number of fused-ring (bicyclic) bond motifs is 1. The fraction of sp³-hybridized carbons (Fsp3) is 0.267. The van der Waals surface area contributed by atoms with E-state index in [0.717, 1.165) is 40.6 Å². The van der Waals surface area contributed by atoms with Gasteiger partial charge in [0.15, 0.2) is 0 Å². The molecule has 1 atom stereocenters. The number of nitrogens with zero attached hydrogens (tertiary/aromatic N) is 4. The van der Waals surface area contributed by atoms with E-state index >= 15 is 0 Å². The van der Waals surface area contributed by atoms with Crippen molar-refractivity contribution in [1.82, 2.24) is 25.3 Å². The number of aromatic nitrogens is 4. The van der Waals surface area contributed by atoms with Crippen LogP contribution in [0.25, 0.3) is 28.0 Å². The molecule has 7 heteroatoms. The molecule has 1 amide bonds. The topological polar surface area (TPSA) is 85.8 Å². The van der Waals surface area contributed by atoms with Crippen LogP contribution in [0.5, 0.6) is 0 Å². The van der Waals surface area contributed by atoms with Gasteiger partial charge in [-0.25, -0.2) is 4.68 Å². The quantitative estimate of drug-likeness (QED) is 0.268. The number of nitrogens with one attached hydrogen (secondary N) is 1. The second-order valence-electron chi connectivity index (χ2n) is 9.81. The van der Waals surface area contributed by atoms with Crippen LogP contribution in [0.1, 0.15) is 60.7 Å². The van der Waals surface area contributed by atoms with Gasteiger partial charge < -0.3 is 9.73 Å². The third-order valence-corrected chi connectivity index (χ3v) is 6.50. The molecule has 0 fully saturated rings. The summed E-state index contributed by atoms with van der Waals surface area (Å²) in [6, 6.07) is 23.8. The summed E-state index contributed by atoms with van der Waals surface area (Å²) < 4.78 is 7.49. The molecule has 0 spiro atoms. The summed E-state index contributed by atoms with van der Waals surface area (Å²) in [5.41, 5.74) is 4.13. The van der Waals surface area contributed by atoms with Crippen LogP contribution in [-0.2, 0) is 6.42 Å². The van der Waals surface area contributed by atoms with E-state index in [9.17, 15) is 4.79 Å². The Labute approximate surface area is 216 Å². The van der Waals surface area contributed by atoms with E-state index in [1.54, 1.807) is 6.92 Å². The minimum absolute atomic E-state index is 0.133. The van der Waals surface area contributed by atoms with Crippen molar-refractivity contribution >= 4 is 16.7 Å². The van der Waals surface area contributed by atoms with Crippen molar-refractivity contribution in [3.05, 3.63) is 95.5 Å². The Hall–Kier alpha value is -4.26. The van der Waals surface area contributed by atoms with E-state index in [2.05, 4.69) is 53.6 Å². The summed E-state index contributed by atoms with van der Waals surface area (Å²) in [6.45, 7) is 8.17. The van der Waals surface area contributed by atoms with Gasteiger partial charge in [0.05, 0.1) is 11.7 Å². The van der Waals surface area contributed by atoms with Gasteiger partial charge in [0.2, 0.25) is 5.89 Å². The number of carbonyl (C=O) groups is 1. The summed E-state index contributed by atoms with van der Waals surface area (Å²) in [7, 11) is 0. The number of amides is 1. The Morgan fingerprint density at radius 2 is 1.76 bits per heavy atom. The predicted octanol–water partition coefficient (Wildman–Crippen LogP) is 6.46. The lowest BCUT2D eigenvalue weighted by Gasteiger charge is -2.17. The van der Waals surface area contributed by atoms with Gasteiger partial charge in [-0.1, -0.05) is 62.4 Å². The molecule has 3 aromatic carbocycles. The first-order valence-corrected chi connectivity index (χ1v) is 12.7. The molecule has 2 aromatic heterocycles. The minimum atomic E-state index is -0.152. The fourth-order valence-corrected chi connectivity index (χ4v) is 4.53. The van der Waals surface area contributed by atoms with Gasteiger partial charge in [-0.2, -0.15) is 5.10 Å². The maximum Gasteiger partial charge on any atom is 0.268 e. The number of benzene rings is 3. The molecule has 0 radical (unpaired) electrons. The van der Waals surface area contributed by atoms with E-state index in [1.807, 2.05) is 60.1 Å². The lowest BCUT2D eigenvalue weighted by Crippen LogP contribution is -2.27. The van der Waals surface area contributed by atoms with Crippen LogP contribution in [0.2, 0.25) is 0 Å². The Kier molecular flexibility index (Phi) is 6.86. The Balaban J connectivity index is 1.43. The van der Waals surface area contributed by atoms with Crippen molar-refractivity contribution in [1.29, 1.82) is 0 Å². The highest BCUT2D eigenvalue weighted by Gasteiger charge is 2.18. The molecule has 1 N–H and O–H groups in total. The number of aryl methyl sites for hydroxylation is 2. The van der Waals surface area contributed by atoms with Crippen molar-refractivity contribution in [2.75, 3.05) is 0 Å². The SMILES string of the molecule is Cc1nnc(-c2cc(CCC(C)C)n(-c3cccc(C(=O)N[C@@H](C)c4cccc5ccccc45)c3)n2)o1. The minimum Gasteiger partial charge on any atom is -0.420 e. The lowest BCUT2D eigenvalue weighted by atomic mass is 9.99. The summed E-state index contributed by atoms with van der Waals surface area (Å²) in [4.78, 5) is 13.3. The smallest absolute Gasteiger partial charge is 0.268 e. The maximum absolute atomic E-state index is 13.3. The van der Waals surface area contributed by atoms with E-state index in [-0.39, 0.29) is 11.9 Å². The van der Waals surface area contributed by atoms with Crippen molar-refractivity contribution in [2.45, 2.75) is 46.6 Å². The molecule has 0 aliphatic heterocycles. The van der Waals surface area contributed by atoms with E-state index in [4.69, 9.17) is 9.52 Å². The third kappa shape index (κ3) is 5.31. The van der Waals surface area contributed by atoms with Crippen LogP contribution in [0.15, 0.2) is 77.2 Å². The molecule has 0 saturated carbocycles. The van der Waals surface area contributed by atoms with Gasteiger partial charge in [-0.05, 0) is 66.3 Å². The third-order valence-electron chi connectivity index (χ3n) is 6.50. The molecule has 0 aliphatic rings. The van der Waals surface area contributed by atoms with E-state index in [1.165, 1.54) is 0 Å². The molecule has 2 heterocycles. The molecule has 0 unspecified atom stereocenters. The first kappa shape index (κ1) is 24.4. The highest BCUT2D eigenvalue weighted by molar-refractivity contribution is 5.95. The maximum atomic E-state index is 13.3. The predicted molar refractivity (Wildman–Crippen MR) is 145 cm³/mol. The molecular formula is C30H31N5O2. The van der Waals surface area contributed by atoms with Crippen molar-refractivity contribution in [2.24, 2.45) is 5.92 Å². The average Bonchev–Trinajstić information content (AvgIpc) is 3.53. The van der Waals surface area contributed by atoms with E-state index in [0.29, 0.717) is 29.0 Å². The molecule has 0 saturated heterocycles. The van der Waals surface area contributed by atoms with Gasteiger partial charge >= 0.3 is 0 Å². The number of carbonyl (C=O) groups excluding carboxylic acids is 1.